The number of nitrogens with one attached hydrogen (secondary N) is 1. The van der Waals surface area contributed by atoms with Crippen LogP contribution in [0.3, 0.4) is 0 Å². The van der Waals surface area contributed by atoms with E-state index in [2.05, 4.69) is 20.4 Å². The van der Waals surface area contributed by atoms with E-state index >= 15 is 0 Å². The third-order valence-electron chi connectivity index (χ3n) is 3.94. The maximum absolute atomic E-state index is 6.45. The molecule has 4 rings (SSSR count). The fourth-order valence-electron chi connectivity index (χ4n) is 2.63. The zero-order valence-electron chi connectivity index (χ0n) is 13.6. The molecule has 132 valence electrons. The van der Waals surface area contributed by atoms with Crippen LogP contribution in [-0.4, -0.2) is 24.3 Å². The number of rotatable bonds is 4. The molecule has 0 spiro atoms. The lowest BCUT2D eigenvalue weighted by Gasteiger charge is -2.06. The van der Waals surface area contributed by atoms with Crippen LogP contribution in [0, 0.1) is 0 Å². The van der Waals surface area contributed by atoms with Gasteiger partial charge < -0.3 is 9.88 Å². The molecular weight excluding hydrogens is 395 g/mol. The molecule has 0 aliphatic heterocycles. The van der Waals surface area contributed by atoms with Crippen molar-refractivity contribution in [3.05, 3.63) is 58.1 Å². The lowest BCUT2D eigenvalue weighted by molar-refractivity contribution is 0.787. The molecule has 3 aromatic heterocycles. The van der Waals surface area contributed by atoms with Crippen molar-refractivity contribution >= 4 is 57.5 Å². The van der Waals surface area contributed by atoms with E-state index < -0.39 is 0 Å². The number of aryl methyl sites for hydroxylation is 1. The first kappa shape index (κ1) is 17.1. The molecule has 26 heavy (non-hydrogen) atoms. The maximum atomic E-state index is 6.45. The average molecular weight is 408 g/mol. The molecule has 0 amide bonds. The molecule has 0 saturated carbocycles. The Bertz CT molecular complexity index is 1080. The molecule has 0 atom stereocenters. The molecule has 6 nitrogen and oxygen atoms in total. The second-order valence-corrected chi connectivity index (χ2v) is 6.76. The van der Waals surface area contributed by atoms with Crippen LogP contribution in [0.5, 0.6) is 0 Å². The van der Waals surface area contributed by atoms with Gasteiger partial charge in [0.25, 0.3) is 0 Å². The molecular formula is C17H13Cl3N6. The standard InChI is InChI=1S/C17H13Cl3N6/c1-2-25-9-13(19)12-7-21-17(24-16(12)25)23-14-8-22-26(15(14)20)11-5-3-10(18)4-6-11/h3-9H,2H2,1H3,(H,21,23,24). The van der Waals surface area contributed by atoms with Crippen molar-refractivity contribution in [1.29, 1.82) is 0 Å². The Morgan fingerprint density at radius 1 is 1.08 bits per heavy atom. The topological polar surface area (TPSA) is 60.6 Å². The Labute approximate surface area is 164 Å². The van der Waals surface area contributed by atoms with Gasteiger partial charge in [-0.25, -0.2) is 9.67 Å². The van der Waals surface area contributed by atoms with E-state index in [1.165, 1.54) is 0 Å². The molecule has 0 bridgehead atoms. The molecule has 3 heterocycles. The van der Waals surface area contributed by atoms with Gasteiger partial charge in [-0.1, -0.05) is 34.8 Å². The summed E-state index contributed by atoms with van der Waals surface area (Å²) < 4.78 is 3.56. The first-order valence-electron chi connectivity index (χ1n) is 7.84. The molecule has 1 N–H and O–H groups in total. The van der Waals surface area contributed by atoms with Crippen molar-refractivity contribution in [1.82, 2.24) is 24.3 Å². The zero-order chi connectivity index (χ0) is 18.3. The highest BCUT2D eigenvalue weighted by molar-refractivity contribution is 6.35. The van der Waals surface area contributed by atoms with Gasteiger partial charge >= 0.3 is 0 Å². The highest BCUT2D eigenvalue weighted by atomic mass is 35.5. The van der Waals surface area contributed by atoms with E-state index in [4.69, 9.17) is 34.8 Å². The summed E-state index contributed by atoms with van der Waals surface area (Å²) in [6.45, 7) is 2.78. The van der Waals surface area contributed by atoms with Crippen molar-refractivity contribution in [2.45, 2.75) is 13.5 Å². The zero-order valence-corrected chi connectivity index (χ0v) is 15.9. The SMILES string of the molecule is CCn1cc(Cl)c2cnc(Nc3cnn(-c4ccc(Cl)cc4)c3Cl)nc21. The minimum absolute atomic E-state index is 0.416. The molecule has 0 unspecified atom stereocenters. The Balaban J connectivity index is 1.67. The maximum Gasteiger partial charge on any atom is 0.229 e. The minimum Gasteiger partial charge on any atom is -0.331 e. The average Bonchev–Trinajstić information content (AvgIpc) is 3.16. The van der Waals surface area contributed by atoms with Gasteiger partial charge in [-0.05, 0) is 31.2 Å². The van der Waals surface area contributed by atoms with Crippen LogP contribution in [0.4, 0.5) is 11.6 Å². The van der Waals surface area contributed by atoms with Crippen LogP contribution in [0.25, 0.3) is 16.7 Å². The lowest BCUT2D eigenvalue weighted by atomic mass is 10.3. The second-order valence-electron chi connectivity index (χ2n) is 5.56. The molecule has 0 saturated heterocycles. The van der Waals surface area contributed by atoms with Crippen LogP contribution in [0.2, 0.25) is 15.2 Å². The highest BCUT2D eigenvalue weighted by Crippen LogP contribution is 2.29. The Morgan fingerprint density at radius 3 is 2.58 bits per heavy atom. The summed E-state index contributed by atoms with van der Waals surface area (Å²) in [7, 11) is 0. The van der Waals surface area contributed by atoms with Gasteiger partial charge in [0.1, 0.15) is 5.65 Å². The van der Waals surface area contributed by atoms with E-state index in [0.29, 0.717) is 26.8 Å². The van der Waals surface area contributed by atoms with Gasteiger partial charge in [0.05, 0.1) is 28.0 Å². The van der Waals surface area contributed by atoms with Crippen molar-refractivity contribution in [2.75, 3.05) is 5.32 Å². The number of hydrogen-bond donors (Lipinski definition) is 1. The van der Waals surface area contributed by atoms with Gasteiger partial charge in [0.15, 0.2) is 5.15 Å². The predicted molar refractivity (Wildman–Crippen MR) is 105 cm³/mol. The van der Waals surface area contributed by atoms with E-state index in [-0.39, 0.29) is 0 Å². The summed E-state index contributed by atoms with van der Waals surface area (Å²) in [5.74, 6) is 0.416. The summed E-state index contributed by atoms with van der Waals surface area (Å²) in [5, 5.41) is 9.91. The first-order valence-corrected chi connectivity index (χ1v) is 8.98. The Morgan fingerprint density at radius 2 is 1.85 bits per heavy atom. The van der Waals surface area contributed by atoms with E-state index in [9.17, 15) is 0 Å². The Kier molecular flexibility index (Phi) is 4.48. The minimum atomic E-state index is 0.416. The number of anilines is 2. The number of hydrogen-bond acceptors (Lipinski definition) is 4. The van der Waals surface area contributed by atoms with Crippen LogP contribution < -0.4 is 5.32 Å². The second kappa shape index (κ2) is 6.79. The normalized spacial score (nSPS) is 11.2. The summed E-state index contributed by atoms with van der Waals surface area (Å²) in [6.07, 6.45) is 5.16. The Hall–Kier alpha value is -2.28. The predicted octanol–water partition coefficient (Wildman–Crippen LogP) is 5.34. The van der Waals surface area contributed by atoms with Gasteiger partial charge in [-0.2, -0.15) is 10.1 Å². The van der Waals surface area contributed by atoms with E-state index in [1.807, 2.05) is 29.8 Å². The first-order chi connectivity index (χ1) is 12.6. The lowest BCUT2D eigenvalue weighted by Crippen LogP contribution is -2.00. The molecule has 1 aromatic carbocycles. The van der Waals surface area contributed by atoms with E-state index in [1.54, 1.807) is 29.2 Å². The van der Waals surface area contributed by atoms with Crippen molar-refractivity contribution < 1.29 is 0 Å². The summed E-state index contributed by atoms with van der Waals surface area (Å²) in [6, 6.07) is 7.23. The van der Waals surface area contributed by atoms with Crippen molar-refractivity contribution in [2.24, 2.45) is 0 Å². The van der Waals surface area contributed by atoms with Crippen molar-refractivity contribution in [3.63, 3.8) is 0 Å². The van der Waals surface area contributed by atoms with E-state index in [0.717, 1.165) is 23.3 Å². The van der Waals surface area contributed by atoms with Crippen molar-refractivity contribution in [3.8, 4) is 5.69 Å². The summed E-state index contributed by atoms with van der Waals surface area (Å²) >= 11 is 18.6. The highest BCUT2D eigenvalue weighted by Gasteiger charge is 2.13. The quantitative estimate of drug-likeness (QED) is 0.496. The third-order valence-corrected chi connectivity index (χ3v) is 4.85. The fourth-order valence-corrected chi connectivity index (χ4v) is 3.24. The van der Waals surface area contributed by atoms with Gasteiger partial charge in [0, 0.05) is 24.0 Å². The number of benzene rings is 1. The fraction of sp³-hybridized carbons (Fsp3) is 0.118. The van der Waals surface area contributed by atoms with Crippen LogP contribution in [0.15, 0.2) is 42.9 Å². The molecule has 0 aliphatic rings. The van der Waals surface area contributed by atoms with Gasteiger partial charge in [-0.3, -0.25) is 0 Å². The smallest absolute Gasteiger partial charge is 0.229 e. The largest absolute Gasteiger partial charge is 0.331 e. The summed E-state index contributed by atoms with van der Waals surface area (Å²) in [5.41, 5.74) is 2.16. The summed E-state index contributed by atoms with van der Waals surface area (Å²) in [4.78, 5) is 8.85. The third kappa shape index (κ3) is 3.00. The molecule has 0 fully saturated rings. The number of fused-ring (bicyclic) bond motifs is 1. The number of nitrogens with zero attached hydrogens (tertiary/aromatic N) is 5. The molecule has 0 radical (unpaired) electrons. The van der Waals surface area contributed by atoms with Gasteiger partial charge in [0.2, 0.25) is 5.95 Å². The van der Waals surface area contributed by atoms with Crippen LogP contribution in [-0.2, 0) is 6.54 Å². The monoisotopic (exact) mass is 406 g/mol. The molecule has 4 aromatic rings. The number of aromatic nitrogens is 5. The molecule has 9 heteroatoms. The number of halogens is 3. The van der Waals surface area contributed by atoms with Crippen LogP contribution in [0.1, 0.15) is 6.92 Å². The van der Waals surface area contributed by atoms with Gasteiger partial charge in [-0.15, -0.1) is 0 Å². The molecule has 0 aliphatic carbocycles. The van der Waals surface area contributed by atoms with Crippen LogP contribution >= 0.6 is 34.8 Å².